The van der Waals surface area contributed by atoms with Gasteiger partial charge in [-0.25, -0.2) is 13.4 Å². The van der Waals surface area contributed by atoms with Gasteiger partial charge in [-0.2, -0.15) is 4.31 Å². The molecule has 1 N–H and O–H groups in total. The summed E-state index contributed by atoms with van der Waals surface area (Å²) < 4.78 is 33.2. The third kappa shape index (κ3) is 3.18. The summed E-state index contributed by atoms with van der Waals surface area (Å²) in [5.74, 6) is 0. The minimum atomic E-state index is -3.58. The van der Waals surface area contributed by atoms with Gasteiger partial charge in [0.1, 0.15) is 4.90 Å². The Hall–Kier alpha value is -1.51. The van der Waals surface area contributed by atoms with Crippen LogP contribution in [-0.4, -0.2) is 48.5 Å². The Balaban J connectivity index is 2.00. The number of hydrogen-bond acceptors (Lipinski definition) is 6. The number of pyridine rings is 1. The normalized spacial score (nSPS) is 17.0. The Labute approximate surface area is 142 Å². The molecule has 3 heterocycles. The first kappa shape index (κ1) is 17.3. The number of aromatic nitrogens is 2. The van der Waals surface area contributed by atoms with Gasteiger partial charge in [-0.3, -0.25) is 0 Å². The average molecular weight is 352 g/mol. The minimum Gasteiger partial charge on any atom is -0.336 e. The number of nitrogens with zero attached hydrogens (tertiary/aromatic N) is 3. The third-order valence-electron chi connectivity index (χ3n) is 4.48. The summed E-state index contributed by atoms with van der Waals surface area (Å²) in [6.45, 7) is 6.18. The Kier molecular flexibility index (Phi) is 5.17. The van der Waals surface area contributed by atoms with Crippen molar-refractivity contribution in [2.45, 2.75) is 50.5 Å². The molecule has 0 saturated carbocycles. The van der Waals surface area contributed by atoms with Crippen LogP contribution in [0.1, 0.15) is 38.8 Å². The maximum absolute atomic E-state index is 13.2. The largest absolute Gasteiger partial charge is 0.336 e. The summed E-state index contributed by atoms with van der Waals surface area (Å²) in [6.07, 6.45) is 4.51. The molecule has 3 rings (SSSR count). The molecule has 0 amide bonds. The first-order valence-corrected chi connectivity index (χ1v) is 9.98. The number of aryl methyl sites for hydroxylation is 1. The molecule has 1 saturated heterocycles. The van der Waals surface area contributed by atoms with Crippen molar-refractivity contribution in [2.75, 3.05) is 19.6 Å². The first-order valence-electron chi connectivity index (χ1n) is 8.54. The van der Waals surface area contributed by atoms with Gasteiger partial charge >= 0.3 is 0 Å². The van der Waals surface area contributed by atoms with E-state index in [0.717, 1.165) is 38.0 Å². The summed E-state index contributed by atoms with van der Waals surface area (Å²) in [5.41, 5.74) is 1.12. The molecule has 0 bridgehead atoms. The highest BCUT2D eigenvalue weighted by Gasteiger charge is 2.32. The van der Waals surface area contributed by atoms with Gasteiger partial charge in [-0.05, 0) is 44.8 Å². The van der Waals surface area contributed by atoms with E-state index in [9.17, 15) is 8.42 Å². The van der Waals surface area contributed by atoms with Crippen LogP contribution in [0, 0.1) is 0 Å². The van der Waals surface area contributed by atoms with Crippen LogP contribution in [0.25, 0.3) is 11.1 Å². The molecule has 2 aromatic rings. The average Bonchev–Trinajstić information content (AvgIpc) is 3.02. The maximum atomic E-state index is 13.2. The molecule has 1 aliphatic heterocycles. The summed E-state index contributed by atoms with van der Waals surface area (Å²) in [7, 11) is -3.58. The van der Waals surface area contributed by atoms with Crippen LogP contribution < -0.4 is 5.32 Å². The van der Waals surface area contributed by atoms with E-state index >= 15 is 0 Å². The number of rotatable bonds is 6. The molecule has 0 aromatic carbocycles. The Morgan fingerprint density at radius 2 is 2.08 bits per heavy atom. The zero-order chi connectivity index (χ0) is 17.2. The van der Waals surface area contributed by atoms with Crippen LogP contribution in [0.2, 0.25) is 0 Å². The predicted octanol–water partition coefficient (Wildman–Crippen LogP) is 1.94. The minimum absolute atomic E-state index is 0.0417. The van der Waals surface area contributed by atoms with Crippen LogP contribution in [-0.2, 0) is 16.4 Å². The molecule has 0 unspecified atom stereocenters. The second-order valence-electron chi connectivity index (χ2n) is 6.10. The van der Waals surface area contributed by atoms with E-state index in [2.05, 4.69) is 15.5 Å². The topological polar surface area (TPSA) is 88.3 Å². The van der Waals surface area contributed by atoms with Gasteiger partial charge in [0.25, 0.3) is 5.71 Å². The highest BCUT2D eigenvalue weighted by Crippen LogP contribution is 2.26. The van der Waals surface area contributed by atoms with Gasteiger partial charge in [0, 0.05) is 12.6 Å². The van der Waals surface area contributed by atoms with Crippen LogP contribution >= 0.6 is 0 Å². The van der Waals surface area contributed by atoms with E-state index < -0.39 is 10.0 Å². The number of fused-ring (bicyclic) bond motifs is 1. The predicted molar refractivity (Wildman–Crippen MR) is 91.3 cm³/mol. The third-order valence-corrected chi connectivity index (χ3v) is 6.40. The van der Waals surface area contributed by atoms with E-state index in [-0.39, 0.29) is 10.9 Å². The highest BCUT2D eigenvalue weighted by molar-refractivity contribution is 7.89. The fourth-order valence-electron chi connectivity index (χ4n) is 3.21. The van der Waals surface area contributed by atoms with Crippen LogP contribution in [0.5, 0.6) is 0 Å². The zero-order valence-corrected chi connectivity index (χ0v) is 15.0. The van der Waals surface area contributed by atoms with E-state index in [0.29, 0.717) is 24.1 Å². The van der Waals surface area contributed by atoms with Gasteiger partial charge in [0.05, 0.1) is 17.3 Å². The van der Waals surface area contributed by atoms with Gasteiger partial charge in [-0.15, -0.1) is 0 Å². The molecule has 24 heavy (non-hydrogen) atoms. The Bertz CT molecular complexity index is 797. The molecule has 132 valence electrons. The molecule has 0 radical (unpaired) electrons. The molecule has 1 aliphatic rings. The Morgan fingerprint density at radius 3 is 2.75 bits per heavy atom. The second kappa shape index (κ2) is 7.16. The molecular formula is C16H24N4O3S. The number of hydrogen-bond donors (Lipinski definition) is 1. The van der Waals surface area contributed by atoms with Crippen LogP contribution in [0.15, 0.2) is 21.7 Å². The number of piperidine rings is 1. The zero-order valence-electron chi connectivity index (χ0n) is 14.2. The summed E-state index contributed by atoms with van der Waals surface area (Å²) in [6, 6.07) is 1.69. The van der Waals surface area contributed by atoms with E-state index in [1.54, 1.807) is 10.4 Å². The van der Waals surface area contributed by atoms with Crippen molar-refractivity contribution >= 4 is 21.1 Å². The van der Waals surface area contributed by atoms with E-state index in [1.807, 2.05) is 13.8 Å². The van der Waals surface area contributed by atoms with Crippen molar-refractivity contribution in [3.8, 4) is 0 Å². The summed E-state index contributed by atoms with van der Waals surface area (Å²) >= 11 is 0. The van der Waals surface area contributed by atoms with E-state index in [4.69, 9.17) is 4.52 Å². The molecule has 8 heteroatoms. The van der Waals surface area contributed by atoms with E-state index in [1.165, 1.54) is 6.20 Å². The van der Waals surface area contributed by atoms with Crippen molar-refractivity contribution in [1.82, 2.24) is 19.8 Å². The first-order chi connectivity index (χ1) is 11.6. The molecule has 0 aliphatic carbocycles. The van der Waals surface area contributed by atoms with Gasteiger partial charge < -0.3 is 9.84 Å². The van der Waals surface area contributed by atoms with Crippen LogP contribution in [0.3, 0.4) is 0 Å². The molecule has 0 spiro atoms. The molecule has 0 atom stereocenters. The van der Waals surface area contributed by atoms with Crippen molar-refractivity contribution < 1.29 is 12.9 Å². The number of nitrogens with one attached hydrogen (secondary N) is 1. The SMILES string of the molecule is CCCN(C1CCNCC1)S(=O)(=O)c1cnc2onc(CC)c2c1. The van der Waals surface area contributed by atoms with Gasteiger partial charge in [-0.1, -0.05) is 19.0 Å². The fourth-order valence-corrected chi connectivity index (χ4v) is 4.96. The molecule has 2 aromatic heterocycles. The molecule has 1 fully saturated rings. The second-order valence-corrected chi connectivity index (χ2v) is 7.99. The quantitative estimate of drug-likeness (QED) is 0.855. The van der Waals surface area contributed by atoms with Crippen LogP contribution in [0.4, 0.5) is 0 Å². The Morgan fingerprint density at radius 1 is 1.33 bits per heavy atom. The molecule has 7 nitrogen and oxygen atoms in total. The summed E-state index contributed by atoms with van der Waals surface area (Å²) in [4.78, 5) is 4.38. The number of sulfonamides is 1. The lowest BCUT2D eigenvalue weighted by Crippen LogP contribution is -2.46. The standard InChI is InChI=1S/C16H24N4O3S/c1-3-9-20(12-5-7-17-8-6-12)24(21,22)13-10-14-15(4-2)19-23-16(14)18-11-13/h10-12,17H,3-9H2,1-2H3. The monoisotopic (exact) mass is 352 g/mol. The fraction of sp³-hybridized carbons (Fsp3) is 0.625. The lowest BCUT2D eigenvalue weighted by atomic mass is 10.1. The van der Waals surface area contributed by atoms with Crippen molar-refractivity contribution in [3.05, 3.63) is 18.0 Å². The van der Waals surface area contributed by atoms with Gasteiger partial charge in [0.2, 0.25) is 10.0 Å². The summed E-state index contributed by atoms with van der Waals surface area (Å²) in [5, 5.41) is 7.92. The van der Waals surface area contributed by atoms with Crippen molar-refractivity contribution in [3.63, 3.8) is 0 Å². The van der Waals surface area contributed by atoms with Gasteiger partial charge in [0.15, 0.2) is 0 Å². The smallest absolute Gasteiger partial charge is 0.258 e. The lowest BCUT2D eigenvalue weighted by molar-refractivity contribution is 0.262. The lowest BCUT2D eigenvalue weighted by Gasteiger charge is -2.33. The maximum Gasteiger partial charge on any atom is 0.258 e. The van der Waals surface area contributed by atoms with Crippen molar-refractivity contribution in [1.29, 1.82) is 0 Å². The highest BCUT2D eigenvalue weighted by atomic mass is 32.2. The van der Waals surface area contributed by atoms with Crippen molar-refractivity contribution in [2.24, 2.45) is 0 Å². The molecular weight excluding hydrogens is 328 g/mol.